The van der Waals surface area contributed by atoms with Crippen LogP contribution >= 0.6 is 34.5 Å². The average Bonchev–Trinajstić information content (AvgIpc) is 2.84. The van der Waals surface area contributed by atoms with Crippen molar-refractivity contribution in [3.05, 3.63) is 49.9 Å². The Labute approximate surface area is 139 Å². The van der Waals surface area contributed by atoms with Gasteiger partial charge in [0.05, 0.1) is 20.7 Å². The lowest BCUT2D eigenvalue weighted by Crippen LogP contribution is -2.23. The van der Waals surface area contributed by atoms with Crippen LogP contribution in [0.2, 0.25) is 10.0 Å². The highest BCUT2D eigenvalue weighted by molar-refractivity contribution is 7.09. The lowest BCUT2D eigenvalue weighted by molar-refractivity contribution is 0.308. The molecule has 0 aliphatic heterocycles. The quantitative estimate of drug-likeness (QED) is 0.850. The van der Waals surface area contributed by atoms with Gasteiger partial charge in [0.1, 0.15) is 0 Å². The van der Waals surface area contributed by atoms with Crippen LogP contribution in [0, 0.1) is 6.92 Å². The van der Waals surface area contributed by atoms with Crippen LogP contribution in [-0.4, -0.2) is 23.5 Å². The smallest absolute Gasteiger partial charge is 0.0897 e. The first kappa shape index (κ1) is 16.7. The first-order chi connectivity index (χ1) is 9.97. The maximum atomic E-state index is 6.23. The Morgan fingerprint density at radius 3 is 2.81 bits per heavy atom. The minimum Gasteiger partial charge on any atom is -0.324 e. The molecule has 0 radical (unpaired) electrons. The van der Waals surface area contributed by atoms with Crippen LogP contribution in [-0.2, 0) is 6.54 Å². The Hall–Kier alpha value is -0.650. The summed E-state index contributed by atoms with van der Waals surface area (Å²) in [5.41, 5.74) is 8.24. The number of thiazole rings is 1. The van der Waals surface area contributed by atoms with E-state index in [1.807, 2.05) is 19.1 Å². The Morgan fingerprint density at radius 1 is 1.38 bits per heavy atom. The zero-order valence-corrected chi connectivity index (χ0v) is 14.5. The Kier molecular flexibility index (Phi) is 6.02. The average molecular weight is 344 g/mol. The van der Waals surface area contributed by atoms with E-state index in [9.17, 15) is 0 Å². The molecule has 1 aromatic heterocycles. The number of hydrogen-bond donors (Lipinski definition) is 1. The molecule has 0 aliphatic carbocycles. The normalized spacial score (nSPS) is 12.9. The second kappa shape index (κ2) is 7.56. The molecule has 0 bridgehead atoms. The van der Waals surface area contributed by atoms with Crippen LogP contribution in [0.1, 0.15) is 28.7 Å². The lowest BCUT2D eigenvalue weighted by atomic mass is 10.0. The fourth-order valence-electron chi connectivity index (χ4n) is 2.16. The fourth-order valence-corrected chi connectivity index (χ4v) is 3.21. The highest BCUT2D eigenvalue weighted by Crippen LogP contribution is 2.30. The van der Waals surface area contributed by atoms with Gasteiger partial charge in [-0.25, -0.2) is 4.98 Å². The minimum absolute atomic E-state index is 0.115. The van der Waals surface area contributed by atoms with E-state index < -0.39 is 0 Å². The maximum Gasteiger partial charge on any atom is 0.0897 e. The lowest BCUT2D eigenvalue weighted by Gasteiger charge is -2.19. The molecule has 1 atom stereocenters. The summed E-state index contributed by atoms with van der Waals surface area (Å²) in [7, 11) is 2.07. The van der Waals surface area contributed by atoms with Crippen molar-refractivity contribution in [2.24, 2.45) is 5.73 Å². The van der Waals surface area contributed by atoms with Crippen molar-refractivity contribution < 1.29 is 0 Å². The van der Waals surface area contributed by atoms with E-state index in [4.69, 9.17) is 28.9 Å². The Balaban J connectivity index is 1.88. The Bertz CT molecular complexity index is 600. The first-order valence-electron chi connectivity index (χ1n) is 6.76. The first-order valence-corrected chi connectivity index (χ1v) is 8.40. The van der Waals surface area contributed by atoms with Crippen molar-refractivity contribution in [1.29, 1.82) is 0 Å². The van der Waals surface area contributed by atoms with Gasteiger partial charge in [0.25, 0.3) is 0 Å². The van der Waals surface area contributed by atoms with Crippen molar-refractivity contribution in [3.8, 4) is 0 Å². The number of nitrogens with two attached hydrogens (primary N) is 1. The summed E-state index contributed by atoms with van der Waals surface area (Å²) in [6, 6.07) is 5.47. The van der Waals surface area contributed by atoms with Gasteiger partial charge in [-0.2, -0.15) is 0 Å². The highest BCUT2D eigenvalue weighted by atomic mass is 35.5. The van der Waals surface area contributed by atoms with E-state index in [2.05, 4.69) is 22.3 Å². The third kappa shape index (κ3) is 4.66. The van der Waals surface area contributed by atoms with Crippen LogP contribution in [0.5, 0.6) is 0 Å². The predicted molar refractivity (Wildman–Crippen MR) is 91.2 cm³/mol. The third-order valence-corrected chi connectivity index (χ3v) is 4.96. The molecular weight excluding hydrogens is 325 g/mol. The molecule has 0 aliphatic rings. The van der Waals surface area contributed by atoms with Gasteiger partial charge in [0.2, 0.25) is 0 Å². The molecule has 1 aromatic carbocycles. The largest absolute Gasteiger partial charge is 0.324 e. The molecule has 0 amide bonds. The summed E-state index contributed by atoms with van der Waals surface area (Å²) in [6.45, 7) is 3.73. The van der Waals surface area contributed by atoms with Gasteiger partial charge < -0.3 is 10.6 Å². The number of benzene rings is 1. The monoisotopic (exact) mass is 343 g/mol. The van der Waals surface area contributed by atoms with Crippen LogP contribution in [0.15, 0.2) is 23.6 Å². The predicted octanol–water partition coefficient (Wildman–Crippen LogP) is 4.28. The molecule has 2 rings (SSSR count). The summed E-state index contributed by atoms with van der Waals surface area (Å²) < 4.78 is 0. The number of halogens is 2. The van der Waals surface area contributed by atoms with Crippen LogP contribution in [0.4, 0.5) is 0 Å². The Morgan fingerprint density at radius 2 is 2.14 bits per heavy atom. The van der Waals surface area contributed by atoms with Crippen molar-refractivity contribution in [1.82, 2.24) is 9.88 Å². The van der Waals surface area contributed by atoms with Gasteiger partial charge in [0.15, 0.2) is 0 Å². The molecule has 2 aromatic rings. The second-order valence-electron chi connectivity index (χ2n) is 5.13. The standard InChI is InChI=1S/C15H19Cl2N3S/c1-10-19-11(9-21-10)8-20(2)7-6-14(18)12-4-3-5-13(16)15(12)17/h3-5,9,14H,6-8,18H2,1-2H3. The molecule has 3 nitrogen and oxygen atoms in total. The van der Waals surface area contributed by atoms with E-state index in [-0.39, 0.29) is 6.04 Å². The summed E-state index contributed by atoms with van der Waals surface area (Å²) in [5, 5.41) is 4.31. The van der Waals surface area contributed by atoms with Crippen molar-refractivity contribution in [3.63, 3.8) is 0 Å². The number of nitrogens with zero attached hydrogens (tertiary/aromatic N) is 2. The van der Waals surface area contributed by atoms with E-state index >= 15 is 0 Å². The molecule has 114 valence electrons. The molecule has 1 unspecified atom stereocenters. The van der Waals surface area contributed by atoms with E-state index in [0.29, 0.717) is 10.0 Å². The summed E-state index contributed by atoms with van der Waals surface area (Å²) in [6.07, 6.45) is 0.819. The van der Waals surface area contributed by atoms with Crippen LogP contribution < -0.4 is 5.73 Å². The molecule has 1 heterocycles. The van der Waals surface area contributed by atoms with Gasteiger partial charge in [-0.05, 0) is 32.0 Å². The molecule has 6 heteroatoms. The molecule has 0 saturated carbocycles. The second-order valence-corrected chi connectivity index (χ2v) is 6.98. The molecule has 0 saturated heterocycles. The van der Waals surface area contributed by atoms with Crippen molar-refractivity contribution in [2.75, 3.05) is 13.6 Å². The van der Waals surface area contributed by atoms with Crippen LogP contribution in [0.25, 0.3) is 0 Å². The van der Waals surface area contributed by atoms with E-state index in [1.54, 1.807) is 17.4 Å². The summed E-state index contributed by atoms with van der Waals surface area (Å²) in [5.74, 6) is 0. The molecule has 0 fully saturated rings. The topological polar surface area (TPSA) is 42.2 Å². The summed E-state index contributed by atoms with van der Waals surface area (Å²) in [4.78, 5) is 6.68. The number of aryl methyl sites for hydroxylation is 1. The van der Waals surface area contributed by atoms with Crippen molar-refractivity contribution in [2.45, 2.75) is 25.9 Å². The van der Waals surface area contributed by atoms with Gasteiger partial charge >= 0.3 is 0 Å². The number of rotatable bonds is 6. The molecule has 0 spiro atoms. The van der Waals surface area contributed by atoms with Crippen LogP contribution in [0.3, 0.4) is 0 Å². The molecule has 21 heavy (non-hydrogen) atoms. The van der Waals surface area contributed by atoms with E-state index in [0.717, 1.165) is 35.8 Å². The summed E-state index contributed by atoms with van der Waals surface area (Å²) >= 11 is 13.9. The number of hydrogen-bond acceptors (Lipinski definition) is 4. The van der Waals surface area contributed by atoms with Gasteiger partial charge in [-0.3, -0.25) is 0 Å². The van der Waals surface area contributed by atoms with Gasteiger partial charge in [0, 0.05) is 24.5 Å². The number of aromatic nitrogens is 1. The fraction of sp³-hybridized carbons (Fsp3) is 0.400. The minimum atomic E-state index is -0.115. The SMILES string of the molecule is Cc1nc(CN(C)CCC(N)c2cccc(Cl)c2Cl)cs1. The third-order valence-electron chi connectivity index (χ3n) is 3.30. The zero-order chi connectivity index (χ0) is 15.4. The van der Waals surface area contributed by atoms with Gasteiger partial charge in [-0.1, -0.05) is 35.3 Å². The van der Waals surface area contributed by atoms with Gasteiger partial charge in [-0.15, -0.1) is 11.3 Å². The zero-order valence-electron chi connectivity index (χ0n) is 12.1. The van der Waals surface area contributed by atoms with E-state index in [1.165, 1.54) is 0 Å². The molecule has 2 N–H and O–H groups in total. The highest BCUT2D eigenvalue weighted by Gasteiger charge is 2.13. The maximum absolute atomic E-state index is 6.23. The van der Waals surface area contributed by atoms with Crippen molar-refractivity contribution >= 4 is 34.5 Å². The molecular formula is C15H19Cl2N3S.